The minimum absolute atomic E-state index is 0.224. The molecule has 0 aromatic carbocycles. The Morgan fingerprint density at radius 2 is 1.16 bits per heavy atom. The predicted octanol–water partition coefficient (Wildman–Crippen LogP) is 4.99. The second-order valence-corrected chi connectivity index (χ2v) is 8.55. The van der Waals surface area contributed by atoms with Gasteiger partial charge in [0.05, 0.1) is 6.61 Å². The summed E-state index contributed by atoms with van der Waals surface area (Å²) in [7, 11) is 0. The standard InChI is InChI=1S/C25H46O7/c1-3-5-7-9-11-13-14-16-18-22(25(30)32-24(29)21(27)20-26)31-23(28)19-17-15-12-10-8-6-4-2/h21-22,26-27H,3-20H2,1-2H3. The molecule has 0 aliphatic carbocycles. The molecule has 2 unspecified atom stereocenters. The van der Waals surface area contributed by atoms with Crippen LogP contribution in [0, 0.1) is 0 Å². The van der Waals surface area contributed by atoms with Gasteiger partial charge >= 0.3 is 17.9 Å². The summed E-state index contributed by atoms with van der Waals surface area (Å²) >= 11 is 0. The third kappa shape index (κ3) is 17.1. The quantitative estimate of drug-likeness (QED) is 0.142. The van der Waals surface area contributed by atoms with Gasteiger partial charge in [-0.3, -0.25) is 4.79 Å². The number of esters is 3. The number of carbonyl (C=O) groups excluding carboxylic acids is 3. The molecule has 2 N–H and O–H groups in total. The Morgan fingerprint density at radius 3 is 1.66 bits per heavy atom. The lowest BCUT2D eigenvalue weighted by atomic mass is 10.1. The van der Waals surface area contributed by atoms with Crippen LogP contribution in [0.5, 0.6) is 0 Å². The van der Waals surface area contributed by atoms with E-state index in [0.717, 1.165) is 38.5 Å². The van der Waals surface area contributed by atoms with Crippen LogP contribution in [0.25, 0.3) is 0 Å². The molecule has 0 saturated carbocycles. The van der Waals surface area contributed by atoms with Crippen LogP contribution in [-0.2, 0) is 23.9 Å². The van der Waals surface area contributed by atoms with Crippen molar-refractivity contribution in [2.24, 2.45) is 0 Å². The summed E-state index contributed by atoms with van der Waals surface area (Å²) in [6.07, 6.45) is 13.7. The van der Waals surface area contributed by atoms with Gasteiger partial charge in [0.1, 0.15) is 0 Å². The molecule has 0 bridgehead atoms. The van der Waals surface area contributed by atoms with E-state index in [4.69, 9.17) is 9.84 Å². The smallest absolute Gasteiger partial charge is 0.355 e. The van der Waals surface area contributed by atoms with Gasteiger partial charge in [0.15, 0.2) is 12.2 Å². The maximum atomic E-state index is 12.3. The highest BCUT2D eigenvalue weighted by Gasteiger charge is 2.28. The predicted molar refractivity (Wildman–Crippen MR) is 124 cm³/mol. The van der Waals surface area contributed by atoms with E-state index in [2.05, 4.69) is 18.6 Å². The maximum absolute atomic E-state index is 12.3. The summed E-state index contributed by atoms with van der Waals surface area (Å²) in [5, 5.41) is 18.1. The van der Waals surface area contributed by atoms with Gasteiger partial charge in [-0.15, -0.1) is 0 Å². The van der Waals surface area contributed by atoms with Crippen molar-refractivity contribution in [3.63, 3.8) is 0 Å². The van der Waals surface area contributed by atoms with Crippen molar-refractivity contribution in [3.8, 4) is 0 Å². The molecule has 0 aliphatic rings. The minimum Gasteiger partial charge on any atom is -0.450 e. The fourth-order valence-electron chi connectivity index (χ4n) is 3.44. The van der Waals surface area contributed by atoms with E-state index in [9.17, 15) is 19.5 Å². The van der Waals surface area contributed by atoms with Crippen LogP contribution < -0.4 is 0 Å². The van der Waals surface area contributed by atoms with E-state index in [0.29, 0.717) is 12.8 Å². The summed E-state index contributed by atoms with van der Waals surface area (Å²) in [5.41, 5.74) is 0. The molecule has 0 spiro atoms. The third-order valence-corrected chi connectivity index (χ3v) is 5.49. The van der Waals surface area contributed by atoms with Crippen molar-refractivity contribution in [1.29, 1.82) is 0 Å². The summed E-state index contributed by atoms with van der Waals surface area (Å²) in [5.74, 6) is -2.70. The van der Waals surface area contributed by atoms with Crippen LogP contribution in [0.4, 0.5) is 0 Å². The molecule has 7 nitrogen and oxygen atoms in total. The zero-order chi connectivity index (χ0) is 24.0. The monoisotopic (exact) mass is 458 g/mol. The average Bonchev–Trinajstić information content (AvgIpc) is 2.78. The number of aliphatic hydroxyl groups is 2. The topological polar surface area (TPSA) is 110 Å². The average molecular weight is 459 g/mol. The van der Waals surface area contributed by atoms with Gasteiger partial charge in [-0.2, -0.15) is 0 Å². The highest BCUT2D eigenvalue weighted by atomic mass is 16.6. The SMILES string of the molecule is CCCCCCCCCCC(OC(=O)CCCCCCCCC)C(=O)OC(=O)C(O)CO. The van der Waals surface area contributed by atoms with Gasteiger partial charge in [-0.25, -0.2) is 9.59 Å². The van der Waals surface area contributed by atoms with Crippen LogP contribution in [0.2, 0.25) is 0 Å². The molecule has 0 fully saturated rings. The first-order valence-electron chi connectivity index (χ1n) is 12.7. The first kappa shape index (κ1) is 30.5. The van der Waals surface area contributed by atoms with Gasteiger partial charge in [-0.05, 0) is 19.3 Å². The highest BCUT2D eigenvalue weighted by Crippen LogP contribution is 2.15. The van der Waals surface area contributed by atoms with E-state index in [1.54, 1.807) is 0 Å². The van der Waals surface area contributed by atoms with E-state index >= 15 is 0 Å². The lowest BCUT2D eigenvalue weighted by molar-refractivity contribution is -0.179. The summed E-state index contributed by atoms with van der Waals surface area (Å²) in [6, 6.07) is 0. The van der Waals surface area contributed by atoms with E-state index in [1.165, 1.54) is 44.9 Å². The second kappa shape index (κ2) is 21.4. The van der Waals surface area contributed by atoms with Crippen molar-refractivity contribution in [2.45, 2.75) is 135 Å². The van der Waals surface area contributed by atoms with E-state index in [1.807, 2.05) is 0 Å². The lowest BCUT2D eigenvalue weighted by Crippen LogP contribution is -2.35. The van der Waals surface area contributed by atoms with E-state index in [-0.39, 0.29) is 12.8 Å². The van der Waals surface area contributed by atoms with Gasteiger partial charge in [0.25, 0.3) is 0 Å². The molecule has 0 aromatic rings. The van der Waals surface area contributed by atoms with Crippen molar-refractivity contribution in [1.82, 2.24) is 0 Å². The summed E-state index contributed by atoms with van der Waals surface area (Å²) in [6.45, 7) is 3.51. The summed E-state index contributed by atoms with van der Waals surface area (Å²) in [4.78, 5) is 36.1. The molecule has 0 saturated heterocycles. The van der Waals surface area contributed by atoms with Gasteiger partial charge in [-0.1, -0.05) is 97.3 Å². The second-order valence-electron chi connectivity index (χ2n) is 8.55. The van der Waals surface area contributed by atoms with Crippen LogP contribution in [0.3, 0.4) is 0 Å². The normalized spacial score (nSPS) is 12.9. The van der Waals surface area contributed by atoms with Crippen molar-refractivity contribution in [2.75, 3.05) is 6.61 Å². The molecule has 0 aromatic heterocycles. The number of hydrogen-bond acceptors (Lipinski definition) is 7. The molecule has 0 aliphatic heterocycles. The Bertz CT molecular complexity index is 493. The Balaban J connectivity index is 4.40. The molecule has 188 valence electrons. The van der Waals surface area contributed by atoms with E-state index < -0.39 is 36.7 Å². The molecule has 7 heteroatoms. The first-order chi connectivity index (χ1) is 15.5. The third-order valence-electron chi connectivity index (χ3n) is 5.49. The Labute approximate surface area is 194 Å². The molecule has 0 radical (unpaired) electrons. The highest BCUT2D eigenvalue weighted by molar-refractivity contribution is 5.90. The van der Waals surface area contributed by atoms with Crippen LogP contribution in [0.15, 0.2) is 0 Å². The molecule has 2 atom stereocenters. The molecule has 0 amide bonds. The number of hydrogen-bond donors (Lipinski definition) is 2. The van der Waals surface area contributed by atoms with Gasteiger partial charge in [0.2, 0.25) is 0 Å². The van der Waals surface area contributed by atoms with Crippen molar-refractivity contribution >= 4 is 17.9 Å². The first-order valence-corrected chi connectivity index (χ1v) is 12.7. The fraction of sp³-hybridized carbons (Fsp3) is 0.880. The molecule has 0 heterocycles. The molecular formula is C25H46O7. The number of ether oxygens (including phenoxy) is 2. The van der Waals surface area contributed by atoms with Crippen molar-refractivity contribution in [3.05, 3.63) is 0 Å². The fourth-order valence-corrected chi connectivity index (χ4v) is 3.44. The van der Waals surface area contributed by atoms with Crippen LogP contribution in [0.1, 0.15) is 123 Å². The minimum atomic E-state index is -1.79. The molecular weight excluding hydrogens is 412 g/mol. The largest absolute Gasteiger partial charge is 0.450 e. The Kier molecular flexibility index (Phi) is 20.4. The number of carbonyl (C=O) groups is 3. The Hall–Kier alpha value is -1.47. The van der Waals surface area contributed by atoms with Gasteiger partial charge in [0, 0.05) is 6.42 Å². The van der Waals surface area contributed by atoms with Gasteiger partial charge < -0.3 is 19.7 Å². The zero-order valence-corrected chi connectivity index (χ0v) is 20.3. The number of rotatable bonds is 21. The molecule has 32 heavy (non-hydrogen) atoms. The maximum Gasteiger partial charge on any atom is 0.355 e. The lowest BCUT2D eigenvalue weighted by Gasteiger charge is -2.17. The number of aliphatic hydroxyl groups excluding tert-OH is 2. The van der Waals surface area contributed by atoms with Crippen molar-refractivity contribution < 1.29 is 34.1 Å². The number of unbranched alkanes of at least 4 members (excludes halogenated alkanes) is 13. The van der Waals surface area contributed by atoms with Crippen LogP contribution in [-0.4, -0.2) is 46.9 Å². The van der Waals surface area contributed by atoms with Crippen LogP contribution >= 0.6 is 0 Å². The summed E-state index contributed by atoms with van der Waals surface area (Å²) < 4.78 is 9.93. The zero-order valence-electron chi connectivity index (χ0n) is 20.3. The molecule has 0 rings (SSSR count). The Morgan fingerprint density at radius 1 is 0.688 bits per heavy atom.